The van der Waals surface area contributed by atoms with Gasteiger partial charge in [0.25, 0.3) is 5.56 Å². The number of carboxylic acids is 1. The molecular weight excluding hydrogens is 438 g/mol. The molecule has 0 radical (unpaired) electrons. The lowest BCUT2D eigenvalue weighted by molar-refractivity contribution is 0.0692. The number of nitrogens with zero attached hydrogens (tertiary/aromatic N) is 4. The molecule has 31 heavy (non-hydrogen) atoms. The number of anilines is 2. The van der Waals surface area contributed by atoms with Gasteiger partial charge < -0.3 is 15.3 Å². The Kier molecular flexibility index (Phi) is 5.65. The third kappa shape index (κ3) is 3.99. The molecule has 8 nitrogen and oxygen atoms in total. The van der Waals surface area contributed by atoms with Crippen LogP contribution in [0.1, 0.15) is 47.9 Å². The topological polar surface area (TPSA) is 100 Å². The van der Waals surface area contributed by atoms with Crippen molar-refractivity contribution in [2.24, 2.45) is 13.0 Å². The lowest BCUT2D eigenvalue weighted by Crippen LogP contribution is -2.30. The number of hydrogen-bond donors (Lipinski definition) is 2. The third-order valence-electron chi connectivity index (χ3n) is 5.66. The van der Waals surface area contributed by atoms with E-state index in [2.05, 4.69) is 22.1 Å². The zero-order valence-electron chi connectivity index (χ0n) is 17.8. The Hall–Kier alpha value is -2.65. The summed E-state index contributed by atoms with van der Waals surface area (Å²) in [5, 5.41) is 13.5. The van der Waals surface area contributed by atoms with Crippen LogP contribution in [0, 0.1) is 12.8 Å². The Morgan fingerprint density at radius 2 is 2.13 bits per heavy atom. The SMILES string of the molecule is Cc1cc(C(C)Nc2sc(Cl)nc2C(=O)O)c2nc(N3CCC(C)C3)n(C)c(=O)c2c1. The Balaban J connectivity index is 1.83. The molecule has 2 atom stereocenters. The molecular formula is C21H24ClN5O3S. The van der Waals surface area contributed by atoms with Crippen molar-refractivity contribution in [3.63, 3.8) is 0 Å². The molecule has 1 aliphatic rings. The number of aromatic carboxylic acids is 1. The van der Waals surface area contributed by atoms with E-state index in [1.807, 2.05) is 26.0 Å². The highest BCUT2D eigenvalue weighted by atomic mass is 35.5. The van der Waals surface area contributed by atoms with E-state index in [-0.39, 0.29) is 21.8 Å². The van der Waals surface area contributed by atoms with E-state index in [1.54, 1.807) is 11.6 Å². The number of halogens is 1. The van der Waals surface area contributed by atoms with Crippen LogP contribution >= 0.6 is 22.9 Å². The van der Waals surface area contributed by atoms with Gasteiger partial charge >= 0.3 is 5.97 Å². The predicted octanol–water partition coefficient (Wildman–Crippen LogP) is 4.07. The minimum atomic E-state index is -1.15. The molecule has 3 aromatic rings. The summed E-state index contributed by atoms with van der Waals surface area (Å²) < 4.78 is 1.77. The molecule has 0 spiro atoms. The van der Waals surface area contributed by atoms with Crippen LogP contribution in [-0.2, 0) is 7.05 Å². The normalized spacial score (nSPS) is 17.3. The van der Waals surface area contributed by atoms with E-state index in [9.17, 15) is 14.7 Å². The average Bonchev–Trinajstić information content (AvgIpc) is 3.29. The van der Waals surface area contributed by atoms with Crippen molar-refractivity contribution in [3.05, 3.63) is 43.8 Å². The first kappa shape index (κ1) is 21.6. The lowest BCUT2D eigenvalue weighted by atomic mass is 10.0. The summed E-state index contributed by atoms with van der Waals surface area (Å²) in [6, 6.07) is 3.51. The van der Waals surface area contributed by atoms with Crippen molar-refractivity contribution in [3.8, 4) is 0 Å². The number of carbonyl (C=O) groups is 1. The van der Waals surface area contributed by atoms with Crippen LogP contribution in [0.25, 0.3) is 10.9 Å². The molecule has 1 saturated heterocycles. The van der Waals surface area contributed by atoms with Crippen LogP contribution in [0.2, 0.25) is 4.47 Å². The summed E-state index contributed by atoms with van der Waals surface area (Å²) in [5.41, 5.74) is 2.16. The van der Waals surface area contributed by atoms with Crippen molar-refractivity contribution in [2.75, 3.05) is 23.3 Å². The van der Waals surface area contributed by atoms with Gasteiger partial charge in [0.2, 0.25) is 5.95 Å². The summed E-state index contributed by atoms with van der Waals surface area (Å²) in [6.45, 7) is 7.76. The van der Waals surface area contributed by atoms with Crippen LogP contribution in [0.4, 0.5) is 10.9 Å². The summed E-state index contributed by atoms with van der Waals surface area (Å²) in [5.74, 6) is 0.0618. The number of carboxylic acid groups (broad SMARTS) is 1. The molecule has 164 valence electrons. The van der Waals surface area contributed by atoms with Gasteiger partial charge in [0.1, 0.15) is 5.00 Å². The number of fused-ring (bicyclic) bond motifs is 1. The van der Waals surface area contributed by atoms with Crippen LogP contribution in [0.15, 0.2) is 16.9 Å². The summed E-state index contributed by atoms with van der Waals surface area (Å²) in [6.07, 6.45) is 1.07. The Labute approximate surface area is 188 Å². The second-order valence-corrected chi connectivity index (χ2v) is 9.76. The number of nitrogens with one attached hydrogen (secondary N) is 1. The molecule has 2 N–H and O–H groups in total. The first-order valence-electron chi connectivity index (χ1n) is 10.1. The van der Waals surface area contributed by atoms with Gasteiger partial charge in [-0.1, -0.05) is 35.9 Å². The molecule has 10 heteroatoms. The second-order valence-electron chi connectivity index (χ2n) is 8.18. The highest BCUT2D eigenvalue weighted by Gasteiger charge is 2.25. The lowest BCUT2D eigenvalue weighted by Gasteiger charge is -2.22. The fourth-order valence-electron chi connectivity index (χ4n) is 4.08. The number of hydrogen-bond acceptors (Lipinski definition) is 7. The third-order valence-corrected chi connectivity index (χ3v) is 6.75. The van der Waals surface area contributed by atoms with Gasteiger partial charge in [-0.3, -0.25) is 9.36 Å². The van der Waals surface area contributed by atoms with Gasteiger partial charge in [-0.05, 0) is 37.8 Å². The first-order chi connectivity index (χ1) is 14.7. The maximum absolute atomic E-state index is 13.2. The minimum Gasteiger partial charge on any atom is -0.476 e. The molecule has 1 fully saturated rings. The number of aromatic nitrogens is 3. The Bertz CT molecular complexity index is 1240. The van der Waals surface area contributed by atoms with Crippen LogP contribution in [0.5, 0.6) is 0 Å². The van der Waals surface area contributed by atoms with Crippen molar-refractivity contribution < 1.29 is 9.90 Å². The molecule has 2 aromatic heterocycles. The van der Waals surface area contributed by atoms with Gasteiger partial charge in [-0.25, -0.2) is 14.8 Å². The van der Waals surface area contributed by atoms with Crippen LogP contribution in [-0.4, -0.2) is 38.7 Å². The molecule has 2 unspecified atom stereocenters. The van der Waals surface area contributed by atoms with E-state index in [4.69, 9.17) is 16.6 Å². The maximum Gasteiger partial charge on any atom is 0.357 e. The van der Waals surface area contributed by atoms with E-state index < -0.39 is 5.97 Å². The van der Waals surface area contributed by atoms with E-state index >= 15 is 0 Å². The van der Waals surface area contributed by atoms with Crippen molar-refractivity contribution in [2.45, 2.75) is 33.2 Å². The predicted molar refractivity (Wildman–Crippen MR) is 124 cm³/mol. The molecule has 0 saturated carbocycles. The van der Waals surface area contributed by atoms with Gasteiger partial charge in [0.05, 0.1) is 16.9 Å². The van der Waals surface area contributed by atoms with E-state index in [1.165, 1.54) is 0 Å². The highest BCUT2D eigenvalue weighted by Crippen LogP contribution is 2.33. The smallest absolute Gasteiger partial charge is 0.357 e. The highest BCUT2D eigenvalue weighted by molar-refractivity contribution is 7.19. The summed E-state index contributed by atoms with van der Waals surface area (Å²) in [4.78, 5) is 35.6. The van der Waals surface area contributed by atoms with E-state index in [0.29, 0.717) is 27.8 Å². The van der Waals surface area contributed by atoms with E-state index in [0.717, 1.165) is 42.0 Å². The van der Waals surface area contributed by atoms with Crippen LogP contribution in [0.3, 0.4) is 0 Å². The van der Waals surface area contributed by atoms with Gasteiger partial charge in [0.15, 0.2) is 10.2 Å². The Morgan fingerprint density at radius 1 is 1.39 bits per heavy atom. The molecule has 1 aromatic carbocycles. The van der Waals surface area contributed by atoms with Crippen molar-refractivity contribution >= 4 is 50.8 Å². The zero-order chi connectivity index (χ0) is 22.4. The quantitative estimate of drug-likeness (QED) is 0.590. The second kappa shape index (κ2) is 8.12. The number of thiazole rings is 1. The van der Waals surface area contributed by atoms with Gasteiger partial charge in [-0.15, -0.1) is 0 Å². The maximum atomic E-state index is 13.2. The van der Waals surface area contributed by atoms with Gasteiger partial charge in [-0.2, -0.15) is 0 Å². The number of aryl methyl sites for hydroxylation is 1. The molecule has 1 aliphatic heterocycles. The summed E-state index contributed by atoms with van der Waals surface area (Å²) in [7, 11) is 1.76. The Morgan fingerprint density at radius 3 is 2.77 bits per heavy atom. The average molecular weight is 462 g/mol. The monoisotopic (exact) mass is 461 g/mol. The van der Waals surface area contributed by atoms with Crippen molar-refractivity contribution in [1.29, 1.82) is 0 Å². The first-order valence-corrected chi connectivity index (χ1v) is 11.3. The number of rotatable bonds is 5. The molecule has 4 rings (SSSR count). The molecule has 0 aliphatic carbocycles. The zero-order valence-corrected chi connectivity index (χ0v) is 19.3. The standard InChI is InChI=1S/C21H24ClN5O3S/c1-10-5-6-27(9-10)21-25-15-13(7-11(2)8-14(15)18(28)26(21)4)12(3)23-17-16(19(29)30)24-20(22)31-17/h7-8,10,12,23H,5-6,9H2,1-4H3,(H,29,30). The number of benzene rings is 1. The largest absolute Gasteiger partial charge is 0.476 e. The fourth-order valence-corrected chi connectivity index (χ4v) is 5.17. The van der Waals surface area contributed by atoms with Crippen LogP contribution < -0.4 is 15.8 Å². The molecule has 0 amide bonds. The summed E-state index contributed by atoms with van der Waals surface area (Å²) >= 11 is 7.02. The fraction of sp³-hybridized carbons (Fsp3) is 0.429. The molecule has 3 heterocycles. The van der Waals surface area contributed by atoms with Gasteiger partial charge in [0, 0.05) is 25.7 Å². The van der Waals surface area contributed by atoms with Crippen molar-refractivity contribution in [1.82, 2.24) is 14.5 Å². The molecule has 0 bridgehead atoms. The minimum absolute atomic E-state index is 0.0937.